The molecule has 0 aromatic heterocycles. The third-order valence-electron chi connectivity index (χ3n) is 3.70. The largest absolute Gasteiger partial charge is 0.352 e. The van der Waals surface area contributed by atoms with Crippen LogP contribution in [0.4, 0.5) is 0 Å². The van der Waals surface area contributed by atoms with E-state index in [4.69, 9.17) is 0 Å². The number of rotatable bonds is 10. The molecule has 0 heterocycles. The molecule has 0 fully saturated rings. The zero-order valence-electron chi connectivity index (χ0n) is 13.6. The fraction of sp³-hybridized carbons (Fsp3) is 0.588. The summed E-state index contributed by atoms with van der Waals surface area (Å²) in [6.07, 6.45) is 3.25. The van der Waals surface area contributed by atoms with Gasteiger partial charge in [0, 0.05) is 12.1 Å². The smallest absolute Gasteiger partial charge is 0.251 e. The van der Waals surface area contributed by atoms with Crippen LogP contribution in [0.3, 0.4) is 0 Å². The predicted octanol–water partition coefficient (Wildman–Crippen LogP) is 2.01. The maximum absolute atomic E-state index is 12.1. The second-order valence-corrected chi connectivity index (χ2v) is 5.42. The number of unbranched alkanes of at least 4 members (excludes halogenated alkanes) is 1. The van der Waals surface area contributed by atoms with Crippen LogP contribution in [0, 0.1) is 13.8 Å². The molecule has 0 atom stereocenters. The molecule has 1 rings (SSSR count). The summed E-state index contributed by atoms with van der Waals surface area (Å²) in [5, 5.41) is 9.53. The van der Waals surface area contributed by atoms with E-state index in [0.717, 1.165) is 62.1 Å². The van der Waals surface area contributed by atoms with E-state index in [2.05, 4.69) is 16.0 Å². The number of amides is 1. The van der Waals surface area contributed by atoms with E-state index < -0.39 is 0 Å². The van der Waals surface area contributed by atoms with E-state index in [9.17, 15) is 4.79 Å². The van der Waals surface area contributed by atoms with Crippen LogP contribution in [-0.2, 0) is 0 Å². The topological polar surface area (TPSA) is 53.2 Å². The highest BCUT2D eigenvalue weighted by molar-refractivity contribution is 5.95. The maximum Gasteiger partial charge on any atom is 0.251 e. The molecule has 0 saturated heterocycles. The van der Waals surface area contributed by atoms with Crippen molar-refractivity contribution in [3.8, 4) is 0 Å². The molecule has 0 aliphatic rings. The number of carbonyl (C=O) groups is 1. The van der Waals surface area contributed by atoms with Gasteiger partial charge in [-0.25, -0.2) is 0 Å². The van der Waals surface area contributed by atoms with Crippen molar-refractivity contribution in [1.82, 2.24) is 16.0 Å². The lowest BCUT2D eigenvalue weighted by molar-refractivity contribution is 0.0952. The molecule has 0 aliphatic carbocycles. The van der Waals surface area contributed by atoms with Gasteiger partial charge in [-0.05, 0) is 77.0 Å². The number of hydrogen-bond donors (Lipinski definition) is 3. The Hall–Kier alpha value is -1.39. The molecule has 0 radical (unpaired) electrons. The van der Waals surface area contributed by atoms with Gasteiger partial charge in [-0.3, -0.25) is 4.79 Å². The Bertz CT molecular complexity index is 432. The van der Waals surface area contributed by atoms with E-state index in [0.29, 0.717) is 0 Å². The summed E-state index contributed by atoms with van der Waals surface area (Å²) < 4.78 is 0. The Labute approximate surface area is 128 Å². The minimum absolute atomic E-state index is 0.0400. The molecular formula is C17H29N3O. The second-order valence-electron chi connectivity index (χ2n) is 5.42. The van der Waals surface area contributed by atoms with Gasteiger partial charge < -0.3 is 16.0 Å². The minimum atomic E-state index is 0.0400. The molecule has 1 amide bonds. The van der Waals surface area contributed by atoms with E-state index >= 15 is 0 Å². The van der Waals surface area contributed by atoms with Gasteiger partial charge in [0.25, 0.3) is 5.91 Å². The Morgan fingerprint density at radius 1 is 1.00 bits per heavy atom. The molecule has 0 unspecified atom stereocenters. The van der Waals surface area contributed by atoms with Crippen molar-refractivity contribution in [2.45, 2.75) is 33.1 Å². The number of hydrogen-bond acceptors (Lipinski definition) is 3. The molecular weight excluding hydrogens is 262 g/mol. The van der Waals surface area contributed by atoms with Crippen LogP contribution in [0.15, 0.2) is 18.2 Å². The lowest BCUT2D eigenvalue weighted by atomic mass is 10.0. The Morgan fingerprint density at radius 2 is 1.71 bits per heavy atom. The van der Waals surface area contributed by atoms with Crippen molar-refractivity contribution >= 4 is 5.91 Å². The van der Waals surface area contributed by atoms with Gasteiger partial charge in [-0.15, -0.1) is 0 Å². The average molecular weight is 291 g/mol. The third kappa shape index (κ3) is 6.74. The fourth-order valence-corrected chi connectivity index (χ4v) is 2.18. The molecule has 0 aliphatic heterocycles. The molecule has 4 nitrogen and oxygen atoms in total. The molecule has 1 aromatic rings. The third-order valence-corrected chi connectivity index (χ3v) is 3.70. The summed E-state index contributed by atoms with van der Waals surface area (Å²) in [5.41, 5.74) is 3.02. The molecule has 0 bridgehead atoms. The molecule has 1 aromatic carbocycles. The zero-order valence-corrected chi connectivity index (χ0v) is 13.6. The second kappa shape index (κ2) is 10.4. The highest BCUT2D eigenvalue weighted by atomic mass is 16.1. The number of carbonyl (C=O) groups excluding carboxylic acids is 1. The van der Waals surface area contributed by atoms with Gasteiger partial charge in [0.2, 0.25) is 0 Å². The summed E-state index contributed by atoms with van der Waals surface area (Å²) in [4.78, 5) is 12.1. The average Bonchev–Trinajstić information content (AvgIpc) is 2.48. The van der Waals surface area contributed by atoms with E-state index in [1.807, 2.05) is 39.1 Å². The van der Waals surface area contributed by atoms with Crippen molar-refractivity contribution in [3.05, 3.63) is 34.9 Å². The normalized spacial score (nSPS) is 10.6. The monoisotopic (exact) mass is 291 g/mol. The summed E-state index contributed by atoms with van der Waals surface area (Å²) in [6, 6.07) is 5.86. The predicted molar refractivity (Wildman–Crippen MR) is 88.9 cm³/mol. The van der Waals surface area contributed by atoms with Crippen molar-refractivity contribution in [2.75, 3.05) is 33.2 Å². The number of aryl methyl sites for hydroxylation is 1. The standard InChI is InChI=1S/C17H29N3O/c1-14-8-6-9-16(15(14)2)17(21)20-13-5-4-11-19-12-7-10-18-3/h6,8-9,18-19H,4-5,7,10-13H2,1-3H3,(H,20,21). The first-order valence-corrected chi connectivity index (χ1v) is 7.86. The van der Waals surface area contributed by atoms with Gasteiger partial charge in [0.15, 0.2) is 0 Å². The van der Waals surface area contributed by atoms with E-state index in [-0.39, 0.29) is 5.91 Å². The molecule has 118 valence electrons. The number of benzene rings is 1. The summed E-state index contributed by atoms with van der Waals surface area (Å²) >= 11 is 0. The first-order valence-electron chi connectivity index (χ1n) is 7.86. The highest BCUT2D eigenvalue weighted by Crippen LogP contribution is 2.12. The zero-order chi connectivity index (χ0) is 15.5. The quantitative estimate of drug-likeness (QED) is 0.578. The maximum atomic E-state index is 12.1. The fourth-order valence-electron chi connectivity index (χ4n) is 2.18. The lowest BCUT2D eigenvalue weighted by Gasteiger charge is -2.09. The van der Waals surface area contributed by atoms with Crippen LogP contribution in [0.5, 0.6) is 0 Å². The minimum Gasteiger partial charge on any atom is -0.352 e. The molecule has 4 heteroatoms. The van der Waals surface area contributed by atoms with Crippen LogP contribution in [0.2, 0.25) is 0 Å². The van der Waals surface area contributed by atoms with E-state index in [1.54, 1.807) is 0 Å². The Balaban J connectivity index is 2.13. The van der Waals surface area contributed by atoms with Gasteiger partial charge >= 0.3 is 0 Å². The number of nitrogens with one attached hydrogen (secondary N) is 3. The Morgan fingerprint density at radius 3 is 2.48 bits per heavy atom. The van der Waals surface area contributed by atoms with Gasteiger partial charge in [0.05, 0.1) is 0 Å². The van der Waals surface area contributed by atoms with Gasteiger partial charge in [0.1, 0.15) is 0 Å². The lowest BCUT2D eigenvalue weighted by Crippen LogP contribution is -2.26. The van der Waals surface area contributed by atoms with Crippen LogP contribution >= 0.6 is 0 Å². The van der Waals surface area contributed by atoms with Crippen LogP contribution in [0.25, 0.3) is 0 Å². The summed E-state index contributed by atoms with van der Waals surface area (Å²) in [7, 11) is 1.97. The van der Waals surface area contributed by atoms with Crippen molar-refractivity contribution in [2.24, 2.45) is 0 Å². The molecule has 0 spiro atoms. The van der Waals surface area contributed by atoms with Crippen LogP contribution in [-0.4, -0.2) is 39.1 Å². The Kier molecular flexibility index (Phi) is 8.71. The highest BCUT2D eigenvalue weighted by Gasteiger charge is 2.08. The van der Waals surface area contributed by atoms with Crippen LogP contribution in [0.1, 0.15) is 40.7 Å². The van der Waals surface area contributed by atoms with Crippen molar-refractivity contribution in [3.63, 3.8) is 0 Å². The first-order chi connectivity index (χ1) is 10.2. The first kappa shape index (κ1) is 17.7. The van der Waals surface area contributed by atoms with Crippen molar-refractivity contribution in [1.29, 1.82) is 0 Å². The van der Waals surface area contributed by atoms with E-state index in [1.165, 1.54) is 0 Å². The summed E-state index contributed by atoms with van der Waals surface area (Å²) in [6.45, 7) is 7.90. The van der Waals surface area contributed by atoms with Crippen LogP contribution < -0.4 is 16.0 Å². The van der Waals surface area contributed by atoms with Gasteiger partial charge in [-0.1, -0.05) is 12.1 Å². The molecule has 21 heavy (non-hydrogen) atoms. The van der Waals surface area contributed by atoms with Crippen molar-refractivity contribution < 1.29 is 4.79 Å². The SMILES string of the molecule is CNCCCNCCCCNC(=O)c1cccc(C)c1C. The van der Waals surface area contributed by atoms with Gasteiger partial charge in [-0.2, -0.15) is 0 Å². The molecule has 3 N–H and O–H groups in total. The summed E-state index contributed by atoms with van der Waals surface area (Å²) in [5.74, 6) is 0.0400. The molecule has 0 saturated carbocycles.